The highest BCUT2D eigenvalue weighted by atomic mass is 35.5. The van der Waals surface area contributed by atoms with Crippen molar-refractivity contribution < 1.29 is 8.42 Å². The number of aromatic nitrogens is 1. The van der Waals surface area contributed by atoms with Crippen molar-refractivity contribution in [2.45, 2.75) is 24.7 Å². The topological polar surface area (TPSA) is 47.0 Å². The lowest BCUT2D eigenvalue weighted by molar-refractivity contribution is 0.602. The first-order chi connectivity index (χ1) is 9.32. The molecule has 0 atom stereocenters. The number of rotatable bonds is 4. The molecule has 0 unspecified atom stereocenters. The maximum atomic E-state index is 11.7. The summed E-state index contributed by atoms with van der Waals surface area (Å²) in [6.07, 6.45) is 2.78. The SMILES string of the molecule is [CH2]CCc1nc(C)c(-c2ccc(Cl)c(S(C)(=O)=O)c2)s1. The summed E-state index contributed by atoms with van der Waals surface area (Å²) < 4.78 is 23.4. The minimum absolute atomic E-state index is 0.156. The van der Waals surface area contributed by atoms with Gasteiger partial charge < -0.3 is 0 Å². The van der Waals surface area contributed by atoms with E-state index in [4.69, 9.17) is 11.6 Å². The number of halogens is 1. The minimum Gasteiger partial charge on any atom is -0.246 e. The summed E-state index contributed by atoms with van der Waals surface area (Å²) in [6.45, 7) is 5.74. The molecule has 0 saturated heterocycles. The molecule has 2 rings (SSSR count). The third-order valence-corrected chi connectivity index (χ3v) is 5.67. The molecule has 1 heterocycles. The molecular weight excluding hydrogens is 314 g/mol. The number of thiazole rings is 1. The minimum atomic E-state index is -3.34. The smallest absolute Gasteiger partial charge is 0.177 e. The molecular formula is C14H15ClNO2S2. The van der Waals surface area contributed by atoms with Crippen LogP contribution in [0.1, 0.15) is 17.1 Å². The number of hydrogen-bond acceptors (Lipinski definition) is 4. The van der Waals surface area contributed by atoms with E-state index in [1.807, 2.05) is 13.0 Å². The van der Waals surface area contributed by atoms with Gasteiger partial charge in [-0.3, -0.25) is 0 Å². The second kappa shape index (κ2) is 5.84. The Labute approximate surface area is 128 Å². The average Bonchev–Trinajstić information content (AvgIpc) is 2.70. The Morgan fingerprint density at radius 3 is 2.70 bits per heavy atom. The van der Waals surface area contributed by atoms with Gasteiger partial charge in [-0.1, -0.05) is 24.6 Å². The number of hydrogen-bond donors (Lipinski definition) is 0. The molecule has 6 heteroatoms. The summed E-state index contributed by atoms with van der Waals surface area (Å²) in [5.74, 6) is 0. The van der Waals surface area contributed by atoms with Crippen molar-refractivity contribution >= 4 is 32.8 Å². The van der Waals surface area contributed by atoms with Gasteiger partial charge in [0, 0.05) is 6.26 Å². The number of benzene rings is 1. The van der Waals surface area contributed by atoms with Gasteiger partial charge in [0.25, 0.3) is 0 Å². The van der Waals surface area contributed by atoms with Gasteiger partial charge in [-0.25, -0.2) is 13.4 Å². The Morgan fingerprint density at radius 2 is 2.10 bits per heavy atom. The molecule has 0 N–H and O–H groups in total. The zero-order chi connectivity index (χ0) is 14.9. The first-order valence-corrected chi connectivity index (χ1v) is 9.17. The normalized spacial score (nSPS) is 11.8. The lowest BCUT2D eigenvalue weighted by atomic mass is 10.1. The Morgan fingerprint density at radius 1 is 1.40 bits per heavy atom. The van der Waals surface area contributed by atoms with E-state index < -0.39 is 9.84 Å². The largest absolute Gasteiger partial charge is 0.246 e. The van der Waals surface area contributed by atoms with Crippen LogP contribution in [0, 0.1) is 13.8 Å². The fourth-order valence-electron chi connectivity index (χ4n) is 1.91. The van der Waals surface area contributed by atoms with E-state index in [1.54, 1.807) is 23.5 Å². The van der Waals surface area contributed by atoms with Gasteiger partial charge in [-0.05, 0) is 37.5 Å². The van der Waals surface area contributed by atoms with Crippen molar-refractivity contribution in [3.8, 4) is 10.4 Å². The lowest BCUT2D eigenvalue weighted by Crippen LogP contribution is -1.98. The van der Waals surface area contributed by atoms with Gasteiger partial charge in [0.05, 0.1) is 25.5 Å². The van der Waals surface area contributed by atoms with Crippen LogP contribution in [0.4, 0.5) is 0 Å². The Bertz CT molecular complexity index is 736. The van der Waals surface area contributed by atoms with Crippen molar-refractivity contribution in [2.75, 3.05) is 6.26 Å². The van der Waals surface area contributed by atoms with Crippen LogP contribution in [-0.4, -0.2) is 19.7 Å². The summed E-state index contributed by atoms with van der Waals surface area (Å²) in [5, 5.41) is 1.26. The van der Waals surface area contributed by atoms with Crippen LogP contribution < -0.4 is 0 Å². The molecule has 1 aromatic carbocycles. The van der Waals surface area contributed by atoms with Crippen LogP contribution in [0.3, 0.4) is 0 Å². The maximum absolute atomic E-state index is 11.7. The lowest BCUT2D eigenvalue weighted by Gasteiger charge is -2.05. The van der Waals surface area contributed by atoms with Crippen molar-refractivity contribution in [1.29, 1.82) is 0 Å². The molecule has 2 aromatic rings. The monoisotopic (exact) mass is 328 g/mol. The van der Waals surface area contributed by atoms with Gasteiger partial charge >= 0.3 is 0 Å². The molecule has 107 valence electrons. The van der Waals surface area contributed by atoms with Crippen molar-refractivity contribution in [3.05, 3.63) is 40.8 Å². The summed E-state index contributed by atoms with van der Waals surface area (Å²) in [4.78, 5) is 5.62. The van der Waals surface area contributed by atoms with Gasteiger partial charge in [-0.15, -0.1) is 11.3 Å². The van der Waals surface area contributed by atoms with E-state index in [9.17, 15) is 8.42 Å². The molecule has 0 aliphatic heterocycles. The molecule has 0 saturated carbocycles. The van der Waals surface area contributed by atoms with E-state index in [-0.39, 0.29) is 9.92 Å². The molecule has 0 amide bonds. The van der Waals surface area contributed by atoms with Gasteiger partial charge in [0.15, 0.2) is 9.84 Å². The average molecular weight is 329 g/mol. The predicted molar refractivity (Wildman–Crippen MR) is 84.1 cm³/mol. The highest BCUT2D eigenvalue weighted by Gasteiger charge is 2.16. The molecule has 3 nitrogen and oxygen atoms in total. The van der Waals surface area contributed by atoms with Crippen LogP contribution in [0.25, 0.3) is 10.4 Å². The van der Waals surface area contributed by atoms with Gasteiger partial charge in [-0.2, -0.15) is 0 Å². The first kappa shape index (κ1) is 15.5. The second-order valence-electron chi connectivity index (χ2n) is 4.54. The third kappa shape index (κ3) is 3.22. The van der Waals surface area contributed by atoms with E-state index in [2.05, 4.69) is 11.9 Å². The molecule has 1 aromatic heterocycles. The summed E-state index contributed by atoms with van der Waals surface area (Å²) in [7, 11) is -3.34. The van der Waals surface area contributed by atoms with Gasteiger partial charge in [0.1, 0.15) is 0 Å². The maximum Gasteiger partial charge on any atom is 0.177 e. The van der Waals surface area contributed by atoms with E-state index in [0.29, 0.717) is 0 Å². The van der Waals surface area contributed by atoms with Crippen molar-refractivity contribution in [1.82, 2.24) is 4.98 Å². The number of nitrogens with zero attached hydrogens (tertiary/aromatic N) is 1. The zero-order valence-electron chi connectivity index (χ0n) is 11.3. The number of sulfone groups is 1. The molecule has 20 heavy (non-hydrogen) atoms. The van der Waals surface area contributed by atoms with Crippen LogP contribution in [-0.2, 0) is 16.3 Å². The van der Waals surface area contributed by atoms with Crippen LogP contribution >= 0.6 is 22.9 Å². The summed E-state index contributed by atoms with van der Waals surface area (Å²) >= 11 is 7.54. The standard InChI is InChI=1S/C14H15ClNO2S2/c1-4-5-13-16-9(2)14(19-13)10-6-7-11(15)12(8-10)20(3,17)18/h6-8H,1,4-5H2,2-3H3. The number of aryl methyl sites for hydroxylation is 2. The van der Waals surface area contributed by atoms with E-state index in [1.165, 1.54) is 0 Å². The fraction of sp³-hybridized carbons (Fsp3) is 0.286. The van der Waals surface area contributed by atoms with Gasteiger partial charge in [0.2, 0.25) is 0 Å². The van der Waals surface area contributed by atoms with Crippen molar-refractivity contribution in [3.63, 3.8) is 0 Å². The summed E-state index contributed by atoms with van der Waals surface area (Å²) in [6, 6.07) is 5.06. The fourth-order valence-corrected chi connectivity index (χ4v) is 4.31. The highest BCUT2D eigenvalue weighted by Crippen LogP contribution is 2.34. The Balaban J connectivity index is 2.54. The molecule has 0 fully saturated rings. The van der Waals surface area contributed by atoms with Crippen molar-refractivity contribution in [2.24, 2.45) is 0 Å². The molecule has 0 spiro atoms. The zero-order valence-corrected chi connectivity index (χ0v) is 13.7. The molecule has 0 aliphatic rings. The van der Waals surface area contributed by atoms with E-state index in [0.717, 1.165) is 40.2 Å². The Kier molecular flexibility index (Phi) is 4.52. The molecule has 0 bridgehead atoms. The summed E-state index contributed by atoms with van der Waals surface area (Å²) in [5.41, 5.74) is 1.74. The highest BCUT2D eigenvalue weighted by molar-refractivity contribution is 7.90. The van der Waals surface area contributed by atoms with Crippen LogP contribution in [0.15, 0.2) is 23.1 Å². The van der Waals surface area contributed by atoms with Crippen LogP contribution in [0.5, 0.6) is 0 Å². The molecule has 0 aliphatic carbocycles. The second-order valence-corrected chi connectivity index (χ2v) is 8.02. The predicted octanol–water partition coefficient (Wildman–Crippen LogP) is 3.94. The van der Waals surface area contributed by atoms with Crippen LogP contribution in [0.2, 0.25) is 5.02 Å². The third-order valence-electron chi connectivity index (χ3n) is 2.82. The quantitative estimate of drug-likeness (QED) is 0.854. The Hall–Kier alpha value is -0.910. The van der Waals surface area contributed by atoms with E-state index >= 15 is 0 Å². The molecule has 1 radical (unpaired) electrons. The first-order valence-electron chi connectivity index (χ1n) is 6.08.